The summed E-state index contributed by atoms with van der Waals surface area (Å²) in [6, 6.07) is 16.6. The molecule has 4 heterocycles. The van der Waals surface area contributed by atoms with Crippen LogP contribution in [0, 0.1) is 5.41 Å². The summed E-state index contributed by atoms with van der Waals surface area (Å²) in [5.41, 5.74) is 1.73. The van der Waals surface area contributed by atoms with Gasteiger partial charge in [0.1, 0.15) is 5.82 Å². The number of para-hydroxylation sites is 1. The van der Waals surface area contributed by atoms with Crippen molar-refractivity contribution < 1.29 is 27.9 Å². The summed E-state index contributed by atoms with van der Waals surface area (Å²) in [5, 5.41) is 17.7. The highest BCUT2D eigenvalue weighted by Gasteiger charge is 2.54. The third kappa shape index (κ3) is 5.95. The first-order chi connectivity index (χ1) is 22.6. The van der Waals surface area contributed by atoms with E-state index in [4.69, 9.17) is 0 Å². The lowest BCUT2D eigenvalue weighted by Crippen LogP contribution is -2.43. The number of carboxylic acid groups (broad SMARTS) is 1. The second-order valence-corrected chi connectivity index (χ2v) is 13.2. The van der Waals surface area contributed by atoms with Gasteiger partial charge in [0, 0.05) is 36.0 Å². The van der Waals surface area contributed by atoms with Crippen molar-refractivity contribution in [1.82, 2.24) is 19.7 Å². The first-order valence-electron chi connectivity index (χ1n) is 15.5. The number of benzene rings is 2. The summed E-state index contributed by atoms with van der Waals surface area (Å²) in [4.78, 5) is 36.8. The number of nitrogens with zero attached hydrogens (tertiary/aromatic N) is 5. The van der Waals surface area contributed by atoms with Crippen molar-refractivity contribution in [2.75, 3.05) is 16.8 Å². The van der Waals surface area contributed by atoms with Crippen LogP contribution in [0.2, 0.25) is 0 Å². The molecule has 7 rings (SSSR count). The smallest absolute Gasteiger partial charge is 0.396 e. The summed E-state index contributed by atoms with van der Waals surface area (Å²) >= 11 is 1.39. The van der Waals surface area contributed by atoms with E-state index in [2.05, 4.69) is 20.4 Å². The lowest BCUT2D eigenvalue weighted by molar-refractivity contribution is -0.240. The number of thiazole rings is 1. The van der Waals surface area contributed by atoms with Crippen LogP contribution in [0.1, 0.15) is 64.1 Å². The molecule has 47 heavy (non-hydrogen) atoms. The molecular formula is C34H31F3N6O3S. The Balaban J connectivity index is 1.13. The van der Waals surface area contributed by atoms with Crippen LogP contribution in [0.5, 0.6) is 0 Å². The maximum Gasteiger partial charge on any atom is 0.396 e. The van der Waals surface area contributed by atoms with Crippen molar-refractivity contribution in [1.29, 1.82) is 0 Å². The molecule has 1 aliphatic heterocycles. The fourth-order valence-corrected chi connectivity index (χ4v) is 7.62. The maximum atomic E-state index is 14.1. The average Bonchev–Trinajstić information content (AvgIpc) is 3.70. The molecule has 13 heteroatoms. The van der Waals surface area contributed by atoms with E-state index in [1.807, 2.05) is 41.3 Å². The second kappa shape index (κ2) is 12.1. The van der Waals surface area contributed by atoms with Crippen molar-refractivity contribution in [3.8, 4) is 11.1 Å². The van der Waals surface area contributed by atoms with Crippen LogP contribution in [-0.4, -0.2) is 49.5 Å². The zero-order chi connectivity index (χ0) is 32.8. The van der Waals surface area contributed by atoms with Gasteiger partial charge in [0.15, 0.2) is 10.8 Å². The zero-order valence-electron chi connectivity index (χ0n) is 25.3. The molecular weight excluding hydrogens is 629 g/mol. The number of aromatic carboxylic acids is 1. The van der Waals surface area contributed by atoms with Gasteiger partial charge in [-0.1, -0.05) is 54.9 Å². The fourth-order valence-electron chi connectivity index (χ4n) is 6.76. The van der Waals surface area contributed by atoms with Crippen molar-refractivity contribution in [2.45, 2.75) is 57.8 Å². The average molecular weight is 661 g/mol. The lowest BCUT2D eigenvalue weighted by Gasteiger charge is -2.38. The summed E-state index contributed by atoms with van der Waals surface area (Å²) in [6.07, 6.45) is 1.02. The van der Waals surface area contributed by atoms with Gasteiger partial charge >= 0.3 is 12.1 Å². The van der Waals surface area contributed by atoms with Crippen molar-refractivity contribution >= 4 is 44.4 Å². The number of nitrogens with one attached hydrogen (secondary N) is 1. The van der Waals surface area contributed by atoms with Crippen LogP contribution >= 0.6 is 11.3 Å². The number of hydrogen-bond acceptors (Lipinski definition) is 7. The lowest BCUT2D eigenvalue weighted by atomic mass is 9.73. The number of aromatic nitrogens is 4. The Morgan fingerprint density at radius 1 is 1.00 bits per heavy atom. The van der Waals surface area contributed by atoms with Crippen LogP contribution in [0.3, 0.4) is 0 Å². The van der Waals surface area contributed by atoms with Gasteiger partial charge in [0.2, 0.25) is 0 Å². The molecule has 9 nitrogen and oxygen atoms in total. The van der Waals surface area contributed by atoms with Crippen LogP contribution in [0.15, 0.2) is 67.0 Å². The Morgan fingerprint density at radius 2 is 1.81 bits per heavy atom. The monoisotopic (exact) mass is 660 g/mol. The number of carbonyl (C=O) groups excluding carboxylic acids is 1. The predicted octanol–water partition coefficient (Wildman–Crippen LogP) is 7.58. The third-order valence-corrected chi connectivity index (χ3v) is 10.2. The summed E-state index contributed by atoms with van der Waals surface area (Å²) < 4.78 is 44.7. The number of fused-ring (bicyclic) bond motifs is 2. The van der Waals surface area contributed by atoms with Gasteiger partial charge in [-0.25, -0.2) is 14.8 Å². The van der Waals surface area contributed by atoms with E-state index in [1.165, 1.54) is 28.4 Å². The van der Waals surface area contributed by atoms with E-state index >= 15 is 0 Å². The van der Waals surface area contributed by atoms with E-state index in [0.717, 1.165) is 27.8 Å². The zero-order valence-corrected chi connectivity index (χ0v) is 26.1. The van der Waals surface area contributed by atoms with Gasteiger partial charge in [-0.3, -0.25) is 14.8 Å². The molecule has 1 aliphatic carbocycles. The molecule has 0 unspecified atom stereocenters. The number of carboxylic acids is 1. The third-order valence-electron chi connectivity index (χ3n) is 9.26. The Bertz CT molecular complexity index is 1950. The largest absolute Gasteiger partial charge is 0.476 e. The molecule has 0 spiro atoms. The first-order valence-corrected chi connectivity index (χ1v) is 16.3. The summed E-state index contributed by atoms with van der Waals surface area (Å²) in [5.74, 6) is -1.12. The Hall–Kier alpha value is -4.78. The number of pyridine rings is 1. The quantitative estimate of drug-likeness (QED) is 0.185. The van der Waals surface area contributed by atoms with E-state index in [1.54, 1.807) is 18.2 Å². The molecule has 1 amide bonds. The Morgan fingerprint density at radius 3 is 2.57 bits per heavy atom. The van der Waals surface area contributed by atoms with E-state index in [0.29, 0.717) is 54.4 Å². The van der Waals surface area contributed by atoms with Gasteiger partial charge in [-0.05, 0) is 60.7 Å². The van der Waals surface area contributed by atoms with Crippen molar-refractivity contribution in [3.05, 3.63) is 89.4 Å². The van der Waals surface area contributed by atoms with Gasteiger partial charge < -0.3 is 10.0 Å². The molecule has 0 bridgehead atoms. The molecule has 1 fully saturated rings. The van der Waals surface area contributed by atoms with Gasteiger partial charge in [-0.15, -0.1) is 0 Å². The van der Waals surface area contributed by atoms with Crippen molar-refractivity contribution in [3.63, 3.8) is 0 Å². The van der Waals surface area contributed by atoms with Gasteiger partial charge in [0.05, 0.1) is 28.4 Å². The van der Waals surface area contributed by atoms with Crippen molar-refractivity contribution in [2.24, 2.45) is 5.41 Å². The number of halogens is 3. The summed E-state index contributed by atoms with van der Waals surface area (Å²) in [7, 11) is 0. The normalized spacial score (nSPS) is 16.2. The number of amides is 1. The number of rotatable bonds is 7. The minimum Gasteiger partial charge on any atom is -0.476 e. The van der Waals surface area contributed by atoms with E-state index in [9.17, 15) is 27.9 Å². The van der Waals surface area contributed by atoms with Crippen LogP contribution < -0.4 is 10.2 Å². The second-order valence-electron chi connectivity index (χ2n) is 12.2. The molecule has 1 saturated carbocycles. The molecule has 2 N–H and O–H groups in total. The first kappa shape index (κ1) is 30.9. The molecule has 0 atom stereocenters. The molecule has 0 radical (unpaired) electrons. The number of hydrogen-bond donors (Lipinski definition) is 2. The SMILES string of the molecule is O=C(Nc1nc2ccccc2s1)c1cccc2c1CN(c1ccc(-c3cnn(CC4(C(F)(F)F)CCCCC4)c3)c(C(=O)O)n1)CC2. The molecule has 2 aromatic carbocycles. The molecule has 0 saturated heterocycles. The Labute approximate surface area is 272 Å². The van der Waals surface area contributed by atoms with Gasteiger partial charge in [0.25, 0.3) is 5.91 Å². The highest BCUT2D eigenvalue weighted by molar-refractivity contribution is 7.22. The Kier molecular flexibility index (Phi) is 7.95. The fraction of sp³-hybridized carbons (Fsp3) is 0.324. The van der Waals surface area contributed by atoms with E-state index < -0.39 is 17.6 Å². The van der Waals surface area contributed by atoms with Crippen LogP contribution in [-0.2, 0) is 19.5 Å². The topological polar surface area (TPSA) is 113 Å². The number of carbonyl (C=O) groups is 2. The minimum absolute atomic E-state index is 0.0483. The molecule has 2 aliphatic rings. The number of anilines is 2. The molecule has 242 valence electrons. The standard InChI is InChI=1S/C34H31F3N6O3S/c35-34(36,37)33(14-4-1-5-15-33)20-43-18-22(17-38-43)23-11-12-28(40-29(23)31(45)46)42-16-13-21-7-6-8-24(25(21)19-42)30(44)41-32-39-26-9-2-3-10-27(26)47-32/h2-3,6-12,17-18H,1,4-5,13-16,19-20H2,(H,45,46)(H,39,41,44). The van der Waals surface area contributed by atoms with Crippen LogP contribution in [0.25, 0.3) is 21.3 Å². The molecule has 3 aromatic heterocycles. The maximum absolute atomic E-state index is 14.1. The highest BCUT2D eigenvalue weighted by Crippen LogP contribution is 2.50. The minimum atomic E-state index is -4.36. The molecule has 5 aromatic rings. The van der Waals surface area contributed by atoms with Gasteiger partial charge in [-0.2, -0.15) is 18.3 Å². The number of alkyl halides is 3. The predicted molar refractivity (Wildman–Crippen MR) is 173 cm³/mol. The summed E-state index contributed by atoms with van der Waals surface area (Å²) in [6.45, 7) is 0.576. The van der Waals surface area contributed by atoms with Crippen LogP contribution in [0.4, 0.5) is 24.1 Å². The van der Waals surface area contributed by atoms with E-state index in [-0.39, 0.29) is 36.6 Å². The highest BCUT2D eigenvalue weighted by atomic mass is 32.1.